The van der Waals surface area contributed by atoms with Gasteiger partial charge in [-0.15, -0.1) is 0 Å². The zero-order valence-corrected chi connectivity index (χ0v) is 23.3. The van der Waals surface area contributed by atoms with E-state index in [2.05, 4.69) is 10.5 Å². The molecule has 0 aliphatic rings. The fraction of sp³-hybridized carbons (Fsp3) is 0.286. The predicted octanol–water partition coefficient (Wildman–Crippen LogP) is 5.18. The largest absolute Gasteiger partial charge is 0.490 e. The number of hydrogen-bond donors (Lipinski definition) is 1. The van der Waals surface area contributed by atoms with E-state index in [1.165, 1.54) is 30.5 Å². The zero-order valence-electron chi connectivity index (χ0n) is 21.7. The van der Waals surface area contributed by atoms with Crippen LogP contribution in [0.1, 0.15) is 37.0 Å². The molecular formula is C28H32ClN3O5S. The summed E-state index contributed by atoms with van der Waals surface area (Å²) in [4.78, 5) is 12.8. The third kappa shape index (κ3) is 8.31. The van der Waals surface area contributed by atoms with Crippen molar-refractivity contribution in [2.24, 2.45) is 5.10 Å². The molecule has 3 rings (SSSR count). The molecule has 0 bridgehead atoms. The molecule has 0 heterocycles. The number of rotatable bonds is 13. The molecule has 3 aromatic carbocycles. The Balaban J connectivity index is 1.76. The molecule has 0 aliphatic carbocycles. The summed E-state index contributed by atoms with van der Waals surface area (Å²) in [5.41, 5.74) is 4.85. The lowest BCUT2D eigenvalue weighted by Crippen LogP contribution is -2.39. The van der Waals surface area contributed by atoms with Gasteiger partial charge in [0.25, 0.3) is 5.91 Å². The number of nitrogens with zero attached hydrogens (tertiary/aromatic N) is 2. The number of amides is 1. The molecule has 0 saturated carbocycles. The summed E-state index contributed by atoms with van der Waals surface area (Å²) < 4.78 is 39.3. The number of hydrazone groups is 1. The second-order valence-electron chi connectivity index (χ2n) is 8.50. The van der Waals surface area contributed by atoms with Crippen molar-refractivity contribution in [2.75, 3.05) is 19.8 Å². The maximum absolute atomic E-state index is 13.4. The first-order valence-corrected chi connectivity index (χ1v) is 14.1. The lowest BCUT2D eigenvalue weighted by molar-refractivity contribution is -0.121. The van der Waals surface area contributed by atoms with Gasteiger partial charge in [0.1, 0.15) is 0 Å². The van der Waals surface area contributed by atoms with Crippen LogP contribution in [0.25, 0.3) is 0 Å². The second kappa shape index (κ2) is 13.9. The van der Waals surface area contributed by atoms with Gasteiger partial charge in [-0.05, 0) is 73.9 Å². The molecule has 8 nitrogen and oxygen atoms in total. The summed E-state index contributed by atoms with van der Waals surface area (Å²) in [6.07, 6.45) is 2.33. The Morgan fingerprint density at radius 3 is 2.47 bits per heavy atom. The zero-order chi connectivity index (χ0) is 27.5. The highest BCUT2D eigenvalue weighted by molar-refractivity contribution is 7.89. The van der Waals surface area contributed by atoms with Crippen LogP contribution in [0.4, 0.5) is 0 Å². The van der Waals surface area contributed by atoms with Crippen molar-refractivity contribution in [1.29, 1.82) is 0 Å². The van der Waals surface area contributed by atoms with E-state index in [1.807, 2.05) is 45.0 Å². The van der Waals surface area contributed by atoms with Crippen LogP contribution in [-0.4, -0.2) is 44.6 Å². The minimum absolute atomic E-state index is 0.0146. The number of ether oxygens (including phenoxy) is 2. The normalized spacial score (nSPS) is 11.6. The quantitative estimate of drug-likeness (QED) is 0.231. The van der Waals surface area contributed by atoms with Gasteiger partial charge in [-0.25, -0.2) is 13.8 Å². The fourth-order valence-electron chi connectivity index (χ4n) is 3.57. The minimum Gasteiger partial charge on any atom is -0.490 e. The Bertz CT molecular complexity index is 1360. The van der Waals surface area contributed by atoms with Crippen molar-refractivity contribution in [2.45, 2.75) is 38.6 Å². The topological polar surface area (TPSA) is 97.3 Å². The van der Waals surface area contributed by atoms with Crippen molar-refractivity contribution < 1.29 is 22.7 Å². The Hall–Kier alpha value is -3.40. The molecule has 0 spiro atoms. The van der Waals surface area contributed by atoms with Crippen molar-refractivity contribution in [3.8, 4) is 11.5 Å². The van der Waals surface area contributed by atoms with E-state index in [-0.39, 0.29) is 11.4 Å². The monoisotopic (exact) mass is 557 g/mol. The number of benzene rings is 3. The van der Waals surface area contributed by atoms with Gasteiger partial charge in [-0.2, -0.15) is 9.41 Å². The Kier molecular flexibility index (Phi) is 10.7. The van der Waals surface area contributed by atoms with Crippen LogP contribution in [-0.2, 0) is 21.4 Å². The molecule has 0 fully saturated rings. The van der Waals surface area contributed by atoms with Gasteiger partial charge in [0, 0.05) is 11.6 Å². The molecule has 0 aromatic heterocycles. The predicted molar refractivity (Wildman–Crippen MR) is 149 cm³/mol. The van der Waals surface area contributed by atoms with Crippen LogP contribution in [0.3, 0.4) is 0 Å². The summed E-state index contributed by atoms with van der Waals surface area (Å²) in [7, 11) is -3.99. The molecule has 0 atom stereocenters. The highest BCUT2D eigenvalue weighted by atomic mass is 35.5. The van der Waals surface area contributed by atoms with Crippen molar-refractivity contribution >= 4 is 33.7 Å². The lowest BCUT2D eigenvalue weighted by Gasteiger charge is -2.21. The third-order valence-electron chi connectivity index (χ3n) is 5.34. The van der Waals surface area contributed by atoms with Crippen LogP contribution in [0.5, 0.6) is 11.5 Å². The van der Waals surface area contributed by atoms with Crippen LogP contribution in [0.15, 0.2) is 76.7 Å². The average molecular weight is 558 g/mol. The number of aryl methyl sites for hydroxylation is 1. The van der Waals surface area contributed by atoms with E-state index in [9.17, 15) is 13.2 Å². The second-order valence-corrected chi connectivity index (χ2v) is 10.9. The van der Waals surface area contributed by atoms with Gasteiger partial charge >= 0.3 is 0 Å². The number of carbonyl (C=O) groups is 1. The van der Waals surface area contributed by atoms with Gasteiger partial charge in [-0.1, -0.05) is 48.4 Å². The Morgan fingerprint density at radius 2 is 1.79 bits per heavy atom. The van der Waals surface area contributed by atoms with Crippen molar-refractivity contribution in [3.05, 3.63) is 88.4 Å². The molecule has 38 heavy (non-hydrogen) atoms. The van der Waals surface area contributed by atoms with E-state index < -0.39 is 22.5 Å². The third-order valence-corrected chi connectivity index (χ3v) is 7.40. The van der Waals surface area contributed by atoms with E-state index in [0.717, 1.165) is 21.9 Å². The maximum atomic E-state index is 13.4. The van der Waals surface area contributed by atoms with Gasteiger partial charge in [-0.3, -0.25) is 4.79 Å². The standard InChI is InChI=1S/C28H32ClN3O5S/c1-4-15-37-26-14-9-22(17-27(26)36-5-2)18-30-31-28(33)20-32(19-23-8-6-7-21(3)16-23)38(34,35)25-12-10-24(29)11-13-25/h6-14,16-18H,4-5,15,19-20H2,1-3H3,(H,31,33)/b30-18-. The number of halogens is 1. The van der Waals surface area contributed by atoms with Gasteiger partial charge in [0.2, 0.25) is 10.0 Å². The maximum Gasteiger partial charge on any atom is 0.255 e. The fourth-order valence-corrected chi connectivity index (χ4v) is 5.08. The number of sulfonamides is 1. The smallest absolute Gasteiger partial charge is 0.255 e. The number of carbonyl (C=O) groups excluding carboxylic acids is 1. The van der Waals surface area contributed by atoms with Crippen LogP contribution in [0.2, 0.25) is 5.02 Å². The van der Waals surface area contributed by atoms with E-state index in [0.29, 0.717) is 35.3 Å². The summed E-state index contributed by atoms with van der Waals surface area (Å²) in [6, 6.07) is 18.6. The first kappa shape index (κ1) is 29.2. The SMILES string of the molecule is CCCOc1ccc(/C=N\NC(=O)CN(Cc2cccc(C)c2)S(=O)(=O)c2ccc(Cl)cc2)cc1OCC. The molecule has 1 N–H and O–H groups in total. The molecule has 1 amide bonds. The highest BCUT2D eigenvalue weighted by Gasteiger charge is 2.27. The first-order chi connectivity index (χ1) is 18.2. The molecule has 0 radical (unpaired) electrons. The lowest BCUT2D eigenvalue weighted by atomic mass is 10.1. The summed E-state index contributed by atoms with van der Waals surface area (Å²) >= 11 is 5.94. The molecule has 10 heteroatoms. The first-order valence-electron chi connectivity index (χ1n) is 12.3. The minimum atomic E-state index is -3.99. The van der Waals surface area contributed by atoms with Gasteiger partial charge in [0.05, 0.1) is 30.9 Å². The van der Waals surface area contributed by atoms with Crippen LogP contribution >= 0.6 is 11.6 Å². The van der Waals surface area contributed by atoms with Gasteiger partial charge < -0.3 is 9.47 Å². The molecule has 0 unspecified atom stereocenters. The Morgan fingerprint density at radius 1 is 1.03 bits per heavy atom. The van der Waals surface area contributed by atoms with Crippen LogP contribution < -0.4 is 14.9 Å². The highest BCUT2D eigenvalue weighted by Crippen LogP contribution is 2.28. The van der Waals surface area contributed by atoms with Gasteiger partial charge in [0.15, 0.2) is 11.5 Å². The summed E-state index contributed by atoms with van der Waals surface area (Å²) in [6.45, 7) is 6.45. The van der Waals surface area contributed by atoms with E-state index >= 15 is 0 Å². The molecule has 202 valence electrons. The van der Waals surface area contributed by atoms with Crippen molar-refractivity contribution in [1.82, 2.24) is 9.73 Å². The van der Waals surface area contributed by atoms with Crippen molar-refractivity contribution in [3.63, 3.8) is 0 Å². The molecule has 3 aromatic rings. The molecule has 0 saturated heterocycles. The van der Waals surface area contributed by atoms with E-state index in [1.54, 1.807) is 18.2 Å². The summed E-state index contributed by atoms with van der Waals surface area (Å²) in [5.74, 6) is 0.628. The number of hydrogen-bond acceptors (Lipinski definition) is 6. The summed E-state index contributed by atoms with van der Waals surface area (Å²) in [5, 5.41) is 4.43. The average Bonchev–Trinajstić information content (AvgIpc) is 2.88. The van der Waals surface area contributed by atoms with Crippen LogP contribution in [0, 0.1) is 6.92 Å². The number of nitrogens with one attached hydrogen (secondary N) is 1. The Labute approximate surface area is 229 Å². The molecular weight excluding hydrogens is 526 g/mol. The molecule has 0 aliphatic heterocycles. The van der Waals surface area contributed by atoms with E-state index in [4.69, 9.17) is 21.1 Å².